The monoisotopic (exact) mass is 341 g/mol. The van der Waals surface area contributed by atoms with Crippen molar-refractivity contribution >= 4 is 15.9 Å². The van der Waals surface area contributed by atoms with E-state index in [-0.39, 0.29) is 6.04 Å². The maximum Gasteiger partial charge on any atom is 0.120 e. The van der Waals surface area contributed by atoms with Gasteiger partial charge in [0.05, 0.1) is 0 Å². The number of aromatic hydroxyl groups is 1. The molecule has 1 atom stereocenters. The molecule has 0 aromatic heterocycles. The van der Waals surface area contributed by atoms with Crippen LogP contribution in [0.15, 0.2) is 22.7 Å². The number of ether oxygens (including phenoxy) is 1. The number of phenols is 1. The van der Waals surface area contributed by atoms with Crippen molar-refractivity contribution in [2.75, 3.05) is 19.8 Å². The van der Waals surface area contributed by atoms with Gasteiger partial charge >= 0.3 is 0 Å². The van der Waals surface area contributed by atoms with Crippen LogP contribution in [0.3, 0.4) is 0 Å². The van der Waals surface area contributed by atoms with Crippen LogP contribution < -0.4 is 5.32 Å². The van der Waals surface area contributed by atoms with Crippen LogP contribution in [-0.2, 0) is 4.74 Å². The summed E-state index contributed by atoms with van der Waals surface area (Å²) >= 11 is 3.48. The fourth-order valence-corrected chi connectivity index (χ4v) is 3.07. The third-order valence-electron chi connectivity index (χ3n) is 4.25. The van der Waals surface area contributed by atoms with Crippen molar-refractivity contribution in [3.63, 3.8) is 0 Å². The van der Waals surface area contributed by atoms with Crippen molar-refractivity contribution in [1.29, 1.82) is 0 Å². The zero-order valence-corrected chi connectivity index (χ0v) is 13.9. The molecule has 0 saturated carbocycles. The first-order chi connectivity index (χ1) is 9.54. The average Bonchev–Trinajstić information content (AvgIpc) is 2.44. The summed E-state index contributed by atoms with van der Waals surface area (Å²) in [5, 5.41) is 13.7. The van der Waals surface area contributed by atoms with Crippen LogP contribution in [0.2, 0.25) is 0 Å². The Morgan fingerprint density at radius 2 is 2.10 bits per heavy atom. The highest BCUT2D eigenvalue weighted by Gasteiger charge is 2.28. The minimum absolute atomic E-state index is 0.187. The number of nitrogens with one attached hydrogen (secondary N) is 1. The minimum Gasteiger partial charge on any atom is -0.508 e. The fourth-order valence-electron chi connectivity index (χ4n) is 2.69. The summed E-state index contributed by atoms with van der Waals surface area (Å²) in [5.74, 6) is 0.365. The van der Waals surface area contributed by atoms with E-state index in [0.717, 1.165) is 49.1 Å². The van der Waals surface area contributed by atoms with E-state index >= 15 is 0 Å². The fraction of sp³-hybridized carbons (Fsp3) is 0.625. The zero-order valence-electron chi connectivity index (χ0n) is 12.3. The highest BCUT2D eigenvalue weighted by atomic mass is 79.9. The SMILES string of the molecule is CCC(NCC1(C)CCOCC1)c1cc(Br)ccc1O. The van der Waals surface area contributed by atoms with Crippen LogP contribution in [0.25, 0.3) is 0 Å². The van der Waals surface area contributed by atoms with Crippen molar-refractivity contribution < 1.29 is 9.84 Å². The van der Waals surface area contributed by atoms with Crippen LogP contribution >= 0.6 is 15.9 Å². The lowest BCUT2D eigenvalue weighted by molar-refractivity contribution is 0.0227. The summed E-state index contributed by atoms with van der Waals surface area (Å²) in [6.07, 6.45) is 3.15. The number of halogens is 1. The van der Waals surface area contributed by atoms with E-state index in [4.69, 9.17) is 4.74 Å². The summed E-state index contributed by atoms with van der Waals surface area (Å²) in [6.45, 7) is 7.13. The van der Waals surface area contributed by atoms with Gasteiger partial charge in [-0.3, -0.25) is 0 Å². The molecule has 0 bridgehead atoms. The molecule has 0 aliphatic carbocycles. The summed E-state index contributed by atoms with van der Waals surface area (Å²) in [4.78, 5) is 0. The van der Waals surface area contributed by atoms with Gasteiger partial charge in [0.1, 0.15) is 5.75 Å². The zero-order chi connectivity index (χ0) is 14.6. The lowest BCUT2D eigenvalue weighted by atomic mass is 9.82. The second kappa shape index (κ2) is 6.92. The second-order valence-electron chi connectivity index (χ2n) is 5.97. The standard InChI is InChI=1S/C16H24BrNO2/c1-3-14(13-10-12(17)4-5-15(13)19)18-11-16(2)6-8-20-9-7-16/h4-5,10,14,18-19H,3,6-9,11H2,1-2H3. The van der Waals surface area contributed by atoms with E-state index in [2.05, 4.69) is 35.1 Å². The molecule has 1 aromatic rings. The van der Waals surface area contributed by atoms with Crippen LogP contribution in [0.5, 0.6) is 5.75 Å². The molecule has 1 unspecified atom stereocenters. The van der Waals surface area contributed by atoms with E-state index in [1.165, 1.54) is 0 Å². The van der Waals surface area contributed by atoms with E-state index in [1.54, 1.807) is 6.07 Å². The van der Waals surface area contributed by atoms with E-state index in [0.29, 0.717) is 11.2 Å². The third-order valence-corrected chi connectivity index (χ3v) is 4.74. The lowest BCUT2D eigenvalue weighted by Gasteiger charge is -2.35. The number of rotatable bonds is 5. The summed E-state index contributed by atoms with van der Waals surface area (Å²) in [7, 11) is 0. The molecule has 2 N–H and O–H groups in total. The van der Waals surface area contributed by atoms with Gasteiger partial charge in [-0.25, -0.2) is 0 Å². The van der Waals surface area contributed by atoms with Crippen LogP contribution in [0.4, 0.5) is 0 Å². The molecule has 1 aliphatic rings. The maximum atomic E-state index is 10.1. The third kappa shape index (κ3) is 3.96. The van der Waals surface area contributed by atoms with Crippen molar-refractivity contribution in [2.45, 2.75) is 39.2 Å². The van der Waals surface area contributed by atoms with Gasteiger partial charge in [0.15, 0.2) is 0 Å². The molecular weight excluding hydrogens is 318 g/mol. The average molecular weight is 342 g/mol. The van der Waals surface area contributed by atoms with E-state index in [9.17, 15) is 5.11 Å². The van der Waals surface area contributed by atoms with Gasteiger partial charge in [0, 0.05) is 35.8 Å². The van der Waals surface area contributed by atoms with Crippen LogP contribution in [-0.4, -0.2) is 24.9 Å². The molecule has 1 heterocycles. The summed E-state index contributed by atoms with van der Waals surface area (Å²) < 4.78 is 6.45. The van der Waals surface area contributed by atoms with Gasteiger partial charge in [-0.05, 0) is 42.9 Å². The number of benzene rings is 1. The summed E-state index contributed by atoms with van der Waals surface area (Å²) in [5.41, 5.74) is 1.27. The first kappa shape index (κ1) is 15.8. The van der Waals surface area contributed by atoms with E-state index < -0.39 is 0 Å². The van der Waals surface area contributed by atoms with Gasteiger partial charge < -0.3 is 15.2 Å². The number of hydrogen-bond acceptors (Lipinski definition) is 3. The molecule has 0 radical (unpaired) electrons. The molecule has 1 saturated heterocycles. The summed E-state index contributed by atoms with van der Waals surface area (Å²) in [6, 6.07) is 5.81. The molecular formula is C16H24BrNO2. The Morgan fingerprint density at radius 1 is 1.40 bits per heavy atom. The molecule has 1 aromatic carbocycles. The molecule has 112 valence electrons. The van der Waals surface area contributed by atoms with Crippen molar-refractivity contribution in [1.82, 2.24) is 5.32 Å². The molecule has 2 rings (SSSR count). The predicted molar refractivity (Wildman–Crippen MR) is 85.0 cm³/mol. The smallest absolute Gasteiger partial charge is 0.120 e. The van der Waals surface area contributed by atoms with Gasteiger partial charge in [0.25, 0.3) is 0 Å². The Hall–Kier alpha value is -0.580. The normalized spacial score (nSPS) is 19.8. The second-order valence-corrected chi connectivity index (χ2v) is 6.88. The highest BCUT2D eigenvalue weighted by molar-refractivity contribution is 9.10. The highest BCUT2D eigenvalue weighted by Crippen LogP contribution is 2.32. The molecule has 0 spiro atoms. The topological polar surface area (TPSA) is 41.5 Å². The maximum absolute atomic E-state index is 10.1. The Bertz CT molecular complexity index is 444. The van der Waals surface area contributed by atoms with E-state index in [1.807, 2.05) is 12.1 Å². The first-order valence-electron chi connectivity index (χ1n) is 7.33. The largest absolute Gasteiger partial charge is 0.508 e. The van der Waals surface area contributed by atoms with Gasteiger partial charge in [-0.1, -0.05) is 29.8 Å². The van der Waals surface area contributed by atoms with Gasteiger partial charge in [-0.2, -0.15) is 0 Å². The molecule has 3 nitrogen and oxygen atoms in total. The quantitative estimate of drug-likeness (QED) is 0.849. The molecule has 4 heteroatoms. The van der Waals surface area contributed by atoms with Crippen LogP contribution in [0.1, 0.15) is 44.7 Å². The lowest BCUT2D eigenvalue weighted by Crippen LogP contribution is -2.38. The number of hydrogen-bond donors (Lipinski definition) is 2. The van der Waals surface area contributed by atoms with Gasteiger partial charge in [-0.15, -0.1) is 0 Å². The Balaban J connectivity index is 2.03. The molecule has 20 heavy (non-hydrogen) atoms. The molecule has 1 fully saturated rings. The first-order valence-corrected chi connectivity index (χ1v) is 8.13. The van der Waals surface area contributed by atoms with Gasteiger partial charge in [0.2, 0.25) is 0 Å². The molecule has 0 amide bonds. The minimum atomic E-state index is 0.187. The number of phenolic OH excluding ortho intramolecular Hbond substituents is 1. The van der Waals surface area contributed by atoms with Crippen molar-refractivity contribution in [2.24, 2.45) is 5.41 Å². The Labute approximate surface area is 129 Å². The Kier molecular flexibility index (Phi) is 5.47. The Morgan fingerprint density at radius 3 is 2.75 bits per heavy atom. The van der Waals surface area contributed by atoms with Crippen LogP contribution in [0, 0.1) is 5.41 Å². The molecule has 1 aliphatic heterocycles. The van der Waals surface area contributed by atoms with Crippen molar-refractivity contribution in [3.05, 3.63) is 28.2 Å². The predicted octanol–water partition coefficient (Wildman–Crippen LogP) is 4.01. The van der Waals surface area contributed by atoms with Crippen molar-refractivity contribution in [3.8, 4) is 5.75 Å².